The second-order valence-corrected chi connectivity index (χ2v) is 6.51. The van der Waals surface area contributed by atoms with Crippen LogP contribution < -0.4 is 10.6 Å². The second-order valence-electron chi connectivity index (χ2n) is 6.51. The first-order valence-electron chi connectivity index (χ1n) is 8.42. The minimum absolute atomic E-state index is 0.292. The summed E-state index contributed by atoms with van der Waals surface area (Å²) in [7, 11) is 0. The van der Waals surface area contributed by atoms with Gasteiger partial charge in [-0.05, 0) is 36.8 Å². The lowest BCUT2D eigenvalue weighted by Gasteiger charge is -2.34. The number of hydrogen-bond acceptors (Lipinski definition) is 4. The minimum Gasteiger partial charge on any atom is -0.340 e. The summed E-state index contributed by atoms with van der Waals surface area (Å²) in [5, 5.41) is 0. The van der Waals surface area contributed by atoms with E-state index in [9.17, 15) is 13.2 Å². The van der Waals surface area contributed by atoms with Crippen LogP contribution in [-0.4, -0.2) is 39.8 Å². The molecule has 26 heavy (non-hydrogen) atoms. The number of pyridine rings is 1. The van der Waals surface area contributed by atoms with E-state index < -0.39 is 18.0 Å². The molecule has 3 heterocycles. The molecule has 1 saturated heterocycles. The van der Waals surface area contributed by atoms with Crippen molar-refractivity contribution in [1.82, 2.24) is 14.5 Å². The molecule has 0 radical (unpaired) electrons. The highest BCUT2D eigenvalue weighted by Gasteiger charge is 2.29. The van der Waals surface area contributed by atoms with Crippen LogP contribution in [0.2, 0.25) is 0 Å². The smallest absolute Gasteiger partial charge is 0.206 e. The summed E-state index contributed by atoms with van der Waals surface area (Å²) >= 11 is 0. The first kappa shape index (κ1) is 16.8. The number of fused-ring (bicyclic) bond motifs is 1. The molecule has 1 aromatic carbocycles. The van der Waals surface area contributed by atoms with Gasteiger partial charge in [0.1, 0.15) is 17.8 Å². The Labute approximate surface area is 148 Å². The monoisotopic (exact) mass is 361 g/mol. The van der Waals surface area contributed by atoms with Crippen molar-refractivity contribution in [2.45, 2.75) is 25.2 Å². The topological polar surface area (TPSA) is 60.0 Å². The normalized spacial score (nSPS) is 20.7. The van der Waals surface area contributed by atoms with Gasteiger partial charge in [-0.25, -0.2) is 18.2 Å². The van der Waals surface area contributed by atoms with Gasteiger partial charge in [0, 0.05) is 13.1 Å². The van der Waals surface area contributed by atoms with Crippen LogP contribution in [0.4, 0.5) is 19.1 Å². The second kappa shape index (κ2) is 6.60. The zero-order valence-corrected chi connectivity index (χ0v) is 13.9. The fourth-order valence-electron chi connectivity index (χ4n) is 3.28. The summed E-state index contributed by atoms with van der Waals surface area (Å²) in [6, 6.07) is 6.65. The Kier molecular flexibility index (Phi) is 4.28. The molecule has 4 rings (SSSR count). The molecular formula is C18H18F3N5. The van der Waals surface area contributed by atoms with E-state index in [0.29, 0.717) is 48.7 Å². The minimum atomic E-state index is -1.04. The number of hydrogen-bond donors (Lipinski definition) is 1. The molecular weight excluding hydrogens is 343 g/mol. The van der Waals surface area contributed by atoms with Crippen molar-refractivity contribution in [3.8, 4) is 0 Å². The first-order chi connectivity index (χ1) is 12.5. The molecule has 8 heteroatoms. The van der Waals surface area contributed by atoms with Crippen LogP contribution in [0.5, 0.6) is 0 Å². The van der Waals surface area contributed by atoms with Gasteiger partial charge in [-0.15, -0.1) is 0 Å². The molecule has 0 spiro atoms. The van der Waals surface area contributed by atoms with E-state index in [4.69, 9.17) is 5.73 Å². The predicted octanol–water partition coefficient (Wildman–Crippen LogP) is 2.63. The maximum Gasteiger partial charge on any atom is 0.206 e. The number of halogens is 3. The summed E-state index contributed by atoms with van der Waals surface area (Å²) in [5.41, 5.74) is 7.71. The molecule has 2 N–H and O–H groups in total. The lowest BCUT2D eigenvalue weighted by atomic mass is 10.1. The largest absolute Gasteiger partial charge is 0.340 e. The van der Waals surface area contributed by atoms with Gasteiger partial charge >= 0.3 is 0 Å². The number of benzene rings is 1. The molecule has 0 bridgehead atoms. The molecule has 0 saturated carbocycles. The molecule has 0 aliphatic carbocycles. The quantitative estimate of drug-likeness (QED) is 0.779. The van der Waals surface area contributed by atoms with Crippen molar-refractivity contribution < 1.29 is 13.2 Å². The van der Waals surface area contributed by atoms with Gasteiger partial charge in [-0.2, -0.15) is 0 Å². The molecule has 3 aromatic rings. The summed E-state index contributed by atoms with van der Waals surface area (Å²) in [6.45, 7) is 1.09. The maximum absolute atomic E-state index is 13.8. The Hall–Kier alpha value is -2.61. The lowest BCUT2D eigenvalue weighted by Crippen LogP contribution is -2.50. The van der Waals surface area contributed by atoms with E-state index in [1.165, 1.54) is 18.2 Å². The summed E-state index contributed by atoms with van der Waals surface area (Å²) in [5.74, 6) is -0.220. The van der Waals surface area contributed by atoms with Crippen LogP contribution in [0.1, 0.15) is 12.1 Å². The standard InChI is InChI=1S/C18H18F3N5/c19-11-2-4-16-17(7-11)26(9-13-3-1-12(20)8-23-13)18(24-16)25-6-5-14(21)15(22)10-25/h1-4,7-8,14-15H,5-6,9-10,22H2. The van der Waals surface area contributed by atoms with Gasteiger partial charge in [-0.1, -0.05) is 0 Å². The first-order valence-corrected chi connectivity index (χ1v) is 8.42. The number of rotatable bonds is 3. The SMILES string of the molecule is NC1CN(c2nc3ccc(F)cc3n2Cc2ccc(F)cn2)CCC1F. The highest BCUT2D eigenvalue weighted by Crippen LogP contribution is 2.27. The Morgan fingerprint density at radius 3 is 2.69 bits per heavy atom. The Bertz CT molecular complexity index is 924. The Morgan fingerprint density at radius 2 is 1.96 bits per heavy atom. The number of nitrogens with zero attached hydrogens (tertiary/aromatic N) is 4. The molecule has 1 aliphatic heterocycles. The van der Waals surface area contributed by atoms with Crippen LogP contribution in [0.3, 0.4) is 0 Å². The zero-order chi connectivity index (χ0) is 18.3. The number of alkyl halides is 1. The van der Waals surface area contributed by atoms with E-state index in [0.717, 1.165) is 6.20 Å². The Morgan fingerprint density at radius 1 is 1.15 bits per heavy atom. The highest BCUT2D eigenvalue weighted by atomic mass is 19.1. The number of nitrogens with two attached hydrogens (primary N) is 1. The molecule has 136 valence electrons. The average molecular weight is 361 g/mol. The molecule has 2 aromatic heterocycles. The van der Waals surface area contributed by atoms with Gasteiger partial charge in [0.2, 0.25) is 5.95 Å². The zero-order valence-electron chi connectivity index (χ0n) is 13.9. The molecule has 2 unspecified atom stereocenters. The van der Waals surface area contributed by atoms with Crippen molar-refractivity contribution in [3.63, 3.8) is 0 Å². The van der Waals surface area contributed by atoms with Crippen molar-refractivity contribution in [2.24, 2.45) is 5.73 Å². The van der Waals surface area contributed by atoms with Crippen molar-refractivity contribution in [2.75, 3.05) is 18.0 Å². The highest BCUT2D eigenvalue weighted by molar-refractivity contribution is 5.79. The fourth-order valence-corrected chi connectivity index (χ4v) is 3.28. The van der Waals surface area contributed by atoms with Gasteiger partial charge in [0.15, 0.2) is 0 Å². The summed E-state index contributed by atoms with van der Waals surface area (Å²) < 4.78 is 42.5. The van der Waals surface area contributed by atoms with Gasteiger partial charge < -0.3 is 15.2 Å². The third-order valence-corrected chi connectivity index (χ3v) is 4.65. The molecule has 1 aliphatic rings. The van der Waals surface area contributed by atoms with E-state index in [2.05, 4.69) is 9.97 Å². The number of anilines is 1. The van der Waals surface area contributed by atoms with Gasteiger partial charge in [0.25, 0.3) is 0 Å². The Balaban J connectivity index is 1.77. The third-order valence-electron chi connectivity index (χ3n) is 4.65. The fraction of sp³-hybridized carbons (Fsp3) is 0.333. The van der Waals surface area contributed by atoms with Crippen molar-refractivity contribution >= 4 is 17.0 Å². The molecule has 2 atom stereocenters. The van der Waals surface area contributed by atoms with Gasteiger partial charge in [0.05, 0.1) is 35.5 Å². The molecule has 0 amide bonds. The van der Waals surface area contributed by atoms with E-state index in [-0.39, 0.29) is 5.82 Å². The van der Waals surface area contributed by atoms with Crippen LogP contribution in [-0.2, 0) is 6.54 Å². The number of aromatic nitrogens is 3. The number of piperidine rings is 1. The molecule has 5 nitrogen and oxygen atoms in total. The van der Waals surface area contributed by atoms with Crippen LogP contribution in [0.15, 0.2) is 36.5 Å². The molecule has 1 fully saturated rings. The maximum atomic E-state index is 13.8. The van der Waals surface area contributed by atoms with E-state index in [1.807, 2.05) is 9.47 Å². The van der Waals surface area contributed by atoms with Crippen LogP contribution >= 0.6 is 0 Å². The van der Waals surface area contributed by atoms with Crippen molar-refractivity contribution in [3.05, 3.63) is 53.9 Å². The van der Waals surface area contributed by atoms with E-state index in [1.54, 1.807) is 12.1 Å². The average Bonchev–Trinajstić information content (AvgIpc) is 2.97. The predicted molar refractivity (Wildman–Crippen MR) is 92.7 cm³/mol. The summed E-state index contributed by atoms with van der Waals surface area (Å²) in [6.07, 6.45) is 0.410. The summed E-state index contributed by atoms with van der Waals surface area (Å²) in [4.78, 5) is 10.6. The van der Waals surface area contributed by atoms with Crippen LogP contribution in [0.25, 0.3) is 11.0 Å². The van der Waals surface area contributed by atoms with E-state index >= 15 is 0 Å². The van der Waals surface area contributed by atoms with Crippen LogP contribution in [0, 0.1) is 11.6 Å². The van der Waals surface area contributed by atoms with Crippen molar-refractivity contribution in [1.29, 1.82) is 0 Å². The van der Waals surface area contributed by atoms with Gasteiger partial charge in [-0.3, -0.25) is 4.98 Å². The number of imidazole rings is 1. The third kappa shape index (κ3) is 3.12. The lowest BCUT2D eigenvalue weighted by molar-refractivity contribution is 0.243.